The van der Waals surface area contributed by atoms with Crippen molar-refractivity contribution in [1.29, 1.82) is 0 Å². The molecule has 0 fully saturated rings. The quantitative estimate of drug-likeness (QED) is 0.298. The number of anilines is 2. The minimum atomic E-state index is -1.25. The van der Waals surface area contributed by atoms with Gasteiger partial charge in [-0.2, -0.15) is 0 Å². The first-order valence-electron chi connectivity index (χ1n) is 10.2. The Morgan fingerprint density at radius 1 is 1.00 bits per heavy atom. The summed E-state index contributed by atoms with van der Waals surface area (Å²) in [6, 6.07) is 17.3. The standard InChI is InChI=1S/C25H23Cl2N3O2S/c1-30(2)14-15-4-7-18(8-5-15)29-24-19-10-16(17-11-20(26)25(31)21(27)12-17)6-9-22(19)28-13-23(24)33(3)32/h4-13,31H,14H2,1-3H3,(H,28,29). The molecule has 8 heteroatoms. The molecule has 1 heterocycles. The van der Waals surface area contributed by atoms with Crippen LogP contribution in [0.4, 0.5) is 11.4 Å². The van der Waals surface area contributed by atoms with E-state index in [9.17, 15) is 9.66 Å². The second-order valence-corrected chi connectivity index (χ2v) is 10.2. The van der Waals surface area contributed by atoms with Crippen LogP contribution in [0.1, 0.15) is 5.56 Å². The molecular weight excluding hydrogens is 477 g/mol. The molecule has 0 saturated heterocycles. The number of aromatic hydroxyl groups is 1. The van der Waals surface area contributed by atoms with Crippen molar-refractivity contribution in [2.45, 2.75) is 11.4 Å². The van der Waals surface area contributed by atoms with Crippen molar-refractivity contribution in [3.63, 3.8) is 0 Å². The van der Waals surface area contributed by atoms with E-state index in [1.165, 1.54) is 5.56 Å². The van der Waals surface area contributed by atoms with Gasteiger partial charge in [-0.05, 0) is 78.4 Å². The molecular formula is C25H23Cl2N3O2S. The summed E-state index contributed by atoms with van der Waals surface area (Å²) in [5.74, 6) is -0.145. The largest absolute Gasteiger partial charge is 0.612 e. The predicted octanol–water partition coefficient (Wildman–Crippen LogP) is 6.46. The molecule has 0 aliphatic rings. The molecule has 1 atom stereocenters. The number of pyridine rings is 1. The molecule has 0 radical (unpaired) electrons. The highest BCUT2D eigenvalue weighted by Crippen LogP contribution is 2.39. The van der Waals surface area contributed by atoms with Gasteiger partial charge in [-0.3, -0.25) is 4.98 Å². The van der Waals surface area contributed by atoms with E-state index in [2.05, 4.69) is 27.3 Å². The minimum absolute atomic E-state index is 0.145. The van der Waals surface area contributed by atoms with Gasteiger partial charge >= 0.3 is 0 Å². The number of nitrogens with one attached hydrogen (secondary N) is 1. The predicted molar refractivity (Wildman–Crippen MR) is 138 cm³/mol. The maximum Gasteiger partial charge on any atom is 0.194 e. The maximum atomic E-state index is 12.5. The van der Waals surface area contributed by atoms with Gasteiger partial charge in [0.05, 0.1) is 21.8 Å². The Bertz CT molecular complexity index is 1290. The molecule has 0 amide bonds. The summed E-state index contributed by atoms with van der Waals surface area (Å²) in [7, 11) is 4.06. The third kappa shape index (κ3) is 5.21. The molecule has 0 bridgehead atoms. The molecule has 0 aliphatic heterocycles. The Morgan fingerprint density at radius 2 is 1.67 bits per heavy atom. The highest BCUT2D eigenvalue weighted by molar-refractivity contribution is 7.90. The molecule has 4 rings (SSSR count). The molecule has 0 aliphatic carbocycles. The molecule has 3 aromatic carbocycles. The van der Waals surface area contributed by atoms with Crippen LogP contribution in [0.2, 0.25) is 10.0 Å². The summed E-state index contributed by atoms with van der Waals surface area (Å²) in [5.41, 5.74) is 5.18. The Labute approximate surface area is 206 Å². The summed E-state index contributed by atoms with van der Waals surface area (Å²) in [6.07, 6.45) is 3.28. The Morgan fingerprint density at radius 3 is 2.27 bits per heavy atom. The van der Waals surface area contributed by atoms with Gasteiger partial charge in [0.25, 0.3) is 0 Å². The van der Waals surface area contributed by atoms with Crippen LogP contribution in [0.5, 0.6) is 5.75 Å². The highest BCUT2D eigenvalue weighted by atomic mass is 35.5. The van der Waals surface area contributed by atoms with E-state index >= 15 is 0 Å². The number of rotatable bonds is 6. The van der Waals surface area contributed by atoms with E-state index in [4.69, 9.17) is 23.2 Å². The first-order valence-corrected chi connectivity index (χ1v) is 12.5. The lowest BCUT2D eigenvalue weighted by Gasteiger charge is -2.16. The fraction of sp³-hybridized carbons (Fsp3) is 0.160. The Kier molecular flexibility index (Phi) is 7.02. The number of hydrogen-bond acceptors (Lipinski definition) is 5. The molecule has 1 unspecified atom stereocenters. The van der Waals surface area contributed by atoms with Crippen molar-refractivity contribution in [2.24, 2.45) is 0 Å². The molecule has 33 heavy (non-hydrogen) atoms. The summed E-state index contributed by atoms with van der Waals surface area (Å²) in [5, 5.41) is 14.5. The van der Waals surface area contributed by atoms with Gasteiger partial charge in [-0.15, -0.1) is 0 Å². The van der Waals surface area contributed by atoms with E-state index in [1.807, 2.05) is 44.4 Å². The van der Waals surface area contributed by atoms with E-state index < -0.39 is 11.2 Å². The van der Waals surface area contributed by atoms with Gasteiger partial charge in [0.15, 0.2) is 10.6 Å². The second-order valence-electron chi connectivity index (χ2n) is 8.03. The van der Waals surface area contributed by atoms with Crippen molar-refractivity contribution in [1.82, 2.24) is 9.88 Å². The Balaban J connectivity index is 1.81. The van der Waals surface area contributed by atoms with Crippen molar-refractivity contribution in [3.05, 3.63) is 76.4 Å². The van der Waals surface area contributed by atoms with Crippen molar-refractivity contribution < 1.29 is 9.66 Å². The zero-order valence-corrected chi connectivity index (χ0v) is 20.7. The van der Waals surface area contributed by atoms with Crippen molar-refractivity contribution in [3.8, 4) is 16.9 Å². The molecule has 4 aromatic rings. The first kappa shape index (κ1) is 23.7. The maximum absolute atomic E-state index is 12.5. The van der Waals surface area contributed by atoms with Gasteiger partial charge in [0.1, 0.15) is 11.9 Å². The summed E-state index contributed by atoms with van der Waals surface area (Å²) >= 11 is 11.0. The molecule has 1 aromatic heterocycles. The molecule has 2 N–H and O–H groups in total. The summed E-state index contributed by atoms with van der Waals surface area (Å²) < 4.78 is 12.5. The molecule has 0 spiro atoms. The normalized spacial score (nSPS) is 12.3. The zero-order chi connectivity index (χ0) is 23.7. The van der Waals surface area contributed by atoms with Crippen molar-refractivity contribution >= 4 is 56.7 Å². The summed E-state index contributed by atoms with van der Waals surface area (Å²) in [4.78, 5) is 7.23. The third-order valence-electron chi connectivity index (χ3n) is 5.22. The average Bonchev–Trinajstić information content (AvgIpc) is 2.77. The van der Waals surface area contributed by atoms with Crippen LogP contribution in [0.15, 0.2) is 65.7 Å². The van der Waals surface area contributed by atoms with Gasteiger partial charge in [-0.25, -0.2) is 0 Å². The molecule has 5 nitrogen and oxygen atoms in total. The number of phenols is 1. The van der Waals surface area contributed by atoms with Crippen LogP contribution in [0.25, 0.3) is 22.0 Å². The number of hydrogen-bond donors (Lipinski definition) is 2. The number of fused-ring (bicyclic) bond motifs is 1. The van der Waals surface area contributed by atoms with Crippen LogP contribution in [-0.2, 0) is 17.7 Å². The van der Waals surface area contributed by atoms with Gasteiger partial charge < -0.3 is 19.9 Å². The molecule has 170 valence electrons. The lowest BCUT2D eigenvalue weighted by molar-refractivity contribution is 0.402. The summed E-state index contributed by atoms with van der Waals surface area (Å²) in [6.45, 7) is 0.851. The SMILES string of the molecule is CN(C)Cc1ccc(Nc2c([S+](C)[O-])cnc3ccc(-c4cc(Cl)c(O)c(Cl)c4)cc23)cc1. The number of benzene rings is 3. The van der Waals surface area contributed by atoms with Crippen LogP contribution in [0, 0.1) is 0 Å². The van der Waals surface area contributed by atoms with Crippen LogP contribution in [0.3, 0.4) is 0 Å². The fourth-order valence-corrected chi connectivity index (χ4v) is 4.77. The van der Waals surface area contributed by atoms with Gasteiger partial charge in [0.2, 0.25) is 0 Å². The average molecular weight is 500 g/mol. The lowest BCUT2D eigenvalue weighted by atomic mass is 10.0. The van der Waals surface area contributed by atoms with Crippen LogP contribution < -0.4 is 5.32 Å². The van der Waals surface area contributed by atoms with E-state index in [1.54, 1.807) is 24.6 Å². The number of aromatic nitrogens is 1. The van der Waals surface area contributed by atoms with Crippen LogP contribution >= 0.6 is 23.2 Å². The Hall–Kier alpha value is -2.48. The smallest absolute Gasteiger partial charge is 0.194 e. The van der Waals surface area contributed by atoms with Gasteiger partial charge in [0, 0.05) is 17.6 Å². The lowest BCUT2D eigenvalue weighted by Crippen LogP contribution is -2.10. The minimum Gasteiger partial charge on any atom is -0.612 e. The third-order valence-corrected chi connectivity index (χ3v) is 6.72. The highest BCUT2D eigenvalue weighted by Gasteiger charge is 2.18. The number of phenolic OH excluding ortho intramolecular Hbond substituents is 1. The topological polar surface area (TPSA) is 71.5 Å². The van der Waals surface area contributed by atoms with E-state index in [-0.39, 0.29) is 15.8 Å². The monoisotopic (exact) mass is 499 g/mol. The van der Waals surface area contributed by atoms with E-state index in [0.29, 0.717) is 4.90 Å². The fourth-order valence-electron chi connectivity index (χ4n) is 3.64. The van der Waals surface area contributed by atoms with E-state index in [0.717, 1.165) is 39.9 Å². The number of halogens is 2. The first-order chi connectivity index (χ1) is 15.7. The molecule has 0 saturated carbocycles. The zero-order valence-electron chi connectivity index (χ0n) is 18.4. The van der Waals surface area contributed by atoms with Crippen LogP contribution in [-0.4, -0.2) is 39.9 Å². The second kappa shape index (κ2) is 9.79. The number of nitrogens with zero attached hydrogens (tertiary/aromatic N) is 2. The van der Waals surface area contributed by atoms with Crippen molar-refractivity contribution in [2.75, 3.05) is 25.7 Å². The van der Waals surface area contributed by atoms with Gasteiger partial charge in [-0.1, -0.05) is 41.4 Å².